The zero-order valence-corrected chi connectivity index (χ0v) is 10.8. The van der Waals surface area contributed by atoms with Crippen LogP contribution < -0.4 is 11.3 Å². The summed E-state index contributed by atoms with van der Waals surface area (Å²) in [6.07, 6.45) is 3.32. The Morgan fingerprint density at radius 1 is 1.42 bits per heavy atom. The smallest absolute Gasteiger partial charge is 0.134 e. The van der Waals surface area contributed by atoms with Gasteiger partial charge in [-0.2, -0.15) is 0 Å². The Balaban J connectivity index is 2.58. The van der Waals surface area contributed by atoms with Crippen LogP contribution in [0.3, 0.4) is 0 Å². The average molecular weight is 266 g/mol. The molecule has 0 fully saturated rings. The number of aromatic nitrogens is 2. The minimum atomic E-state index is -0.824. The highest BCUT2D eigenvalue weighted by atomic mass is 19.1. The summed E-state index contributed by atoms with van der Waals surface area (Å²) in [5.74, 6) is 4.71. The first-order valence-corrected chi connectivity index (χ1v) is 6.01. The predicted octanol–water partition coefficient (Wildman–Crippen LogP) is 2.04. The molecule has 0 aliphatic heterocycles. The molecule has 102 valence electrons. The van der Waals surface area contributed by atoms with Gasteiger partial charge in [0, 0.05) is 24.5 Å². The molecule has 0 saturated carbocycles. The van der Waals surface area contributed by atoms with E-state index in [1.165, 1.54) is 12.1 Å². The highest BCUT2D eigenvalue weighted by molar-refractivity contribution is 5.32. The maximum atomic E-state index is 14.2. The van der Waals surface area contributed by atoms with Crippen LogP contribution >= 0.6 is 0 Å². The molecule has 0 aliphatic rings. The van der Waals surface area contributed by atoms with Crippen molar-refractivity contribution in [2.75, 3.05) is 0 Å². The van der Waals surface area contributed by atoms with E-state index >= 15 is 0 Å². The molecule has 0 saturated heterocycles. The third-order valence-electron chi connectivity index (χ3n) is 3.12. The standard InChI is InChI=1S/C13H16F2N4/c1-3-19-7-6-17-13(19)12(18-16)10-9(14)5-4-8(2)11(10)15/h4-7,12,18H,3,16H2,1-2H3. The molecule has 19 heavy (non-hydrogen) atoms. The van der Waals surface area contributed by atoms with Gasteiger partial charge in [-0.25, -0.2) is 19.2 Å². The highest BCUT2D eigenvalue weighted by Crippen LogP contribution is 2.27. The minimum absolute atomic E-state index is 0.108. The summed E-state index contributed by atoms with van der Waals surface area (Å²) in [5, 5.41) is 0. The van der Waals surface area contributed by atoms with E-state index in [0.29, 0.717) is 17.9 Å². The fraction of sp³-hybridized carbons (Fsp3) is 0.308. The fourth-order valence-corrected chi connectivity index (χ4v) is 2.08. The van der Waals surface area contributed by atoms with Crippen molar-refractivity contribution in [1.29, 1.82) is 0 Å². The lowest BCUT2D eigenvalue weighted by atomic mass is 10.0. The lowest BCUT2D eigenvalue weighted by Gasteiger charge is -2.19. The van der Waals surface area contributed by atoms with Gasteiger partial charge in [-0.3, -0.25) is 5.84 Å². The second-order valence-corrected chi connectivity index (χ2v) is 4.26. The molecule has 0 aliphatic carbocycles. The molecule has 2 rings (SSSR count). The zero-order valence-electron chi connectivity index (χ0n) is 10.8. The molecule has 1 heterocycles. The molecule has 0 spiro atoms. The Morgan fingerprint density at radius 3 is 2.79 bits per heavy atom. The summed E-state index contributed by atoms with van der Waals surface area (Å²) in [5.41, 5.74) is 2.70. The van der Waals surface area contributed by atoms with Crippen LogP contribution in [0, 0.1) is 18.6 Å². The van der Waals surface area contributed by atoms with Crippen LogP contribution in [0.5, 0.6) is 0 Å². The average Bonchev–Trinajstić information content (AvgIpc) is 2.87. The van der Waals surface area contributed by atoms with Gasteiger partial charge in [0.2, 0.25) is 0 Å². The third kappa shape index (κ3) is 2.36. The van der Waals surface area contributed by atoms with Crippen LogP contribution in [-0.2, 0) is 6.54 Å². The van der Waals surface area contributed by atoms with Gasteiger partial charge in [0.1, 0.15) is 23.5 Å². The Kier molecular flexibility index (Phi) is 3.92. The summed E-state index contributed by atoms with van der Waals surface area (Å²) in [7, 11) is 0. The van der Waals surface area contributed by atoms with Crippen LogP contribution in [0.4, 0.5) is 8.78 Å². The van der Waals surface area contributed by atoms with Gasteiger partial charge in [0.05, 0.1) is 0 Å². The van der Waals surface area contributed by atoms with Crippen LogP contribution in [-0.4, -0.2) is 9.55 Å². The first kappa shape index (κ1) is 13.6. The summed E-state index contributed by atoms with van der Waals surface area (Å²) in [6.45, 7) is 4.14. The van der Waals surface area contributed by atoms with Gasteiger partial charge in [0.25, 0.3) is 0 Å². The number of nitrogens with two attached hydrogens (primary N) is 1. The first-order valence-electron chi connectivity index (χ1n) is 6.01. The van der Waals surface area contributed by atoms with Crippen molar-refractivity contribution in [3.63, 3.8) is 0 Å². The SMILES string of the molecule is CCn1ccnc1C(NN)c1c(F)ccc(C)c1F. The van der Waals surface area contributed by atoms with Gasteiger partial charge in [-0.1, -0.05) is 6.07 Å². The number of rotatable bonds is 4. The lowest BCUT2D eigenvalue weighted by molar-refractivity contribution is 0.483. The quantitative estimate of drug-likeness (QED) is 0.657. The van der Waals surface area contributed by atoms with E-state index in [-0.39, 0.29) is 5.56 Å². The Labute approximate surface area is 110 Å². The molecule has 0 amide bonds. The highest BCUT2D eigenvalue weighted by Gasteiger charge is 2.25. The molecule has 1 aromatic carbocycles. The monoisotopic (exact) mass is 266 g/mol. The molecule has 4 nitrogen and oxygen atoms in total. The van der Waals surface area contributed by atoms with Crippen molar-refractivity contribution in [2.45, 2.75) is 26.4 Å². The first-order chi connectivity index (χ1) is 9.10. The number of aryl methyl sites for hydroxylation is 2. The molecular formula is C13H16F2N4. The number of hydrazine groups is 1. The Bertz CT molecular complexity index is 580. The van der Waals surface area contributed by atoms with Gasteiger partial charge in [-0.05, 0) is 25.5 Å². The maximum absolute atomic E-state index is 14.2. The van der Waals surface area contributed by atoms with E-state index in [0.717, 1.165) is 0 Å². The molecule has 0 bridgehead atoms. The fourth-order valence-electron chi connectivity index (χ4n) is 2.08. The summed E-state index contributed by atoms with van der Waals surface area (Å²) < 4.78 is 29.9. The van der Waals surface area contributed by atoms with Gasteiger partial charge in [0.15, 0.2) is 0 Å². The topological polar surface area (TPSA) is 55.9 Å². The van der Waals surface area contributed by atoms with Crippen molar-refractivity contribution in [3.05, 3.63) is 53.1 Å². The number of hydrogen-bond donors (Lipinski definition) is 2. The van der Waals surface area contributed by atoms with E-state index in [1.54, 1.807) is 23.9 Å². The van der Waals surface area contributed by atoms with Gasteiger partial charge < -0.3 is 4.57 Å². The number of benzene rings is 1. The summed E-state index contributed by atoms with van der Waals surface area (Å²) >= 11 is 0. The molecule has 2 aromatic rings. The normalized spacial score (nSPS) is 12.7. The van der Waals surface area contributed by atoms with Crippen molar-refractivity contribution in [3.8, 4) is 0 Å². The molecule has 1 aromatic heterocycles. The van der Waals surface area contributed by atoms with Crippen molar-refractivity contribution < 1.29 is 8.78 Å². The summed E-state index contributed by atoms with van der Waals surface area (Å²) in [6, 6.07) is 1.81. The van der Waals surface area contributed by atoms with Crippen LogP contribution in [0.25, 0.3) is 0 Å². The lowest BCUT2D eigenvalue weighted by Crippen LogP contribution is -2.32. The van der Waals surface area contributed by atoms with Crippen LogP contribution in [0.15, 0.2) is 24.5 Å². The minimum Gasteiger partial charge on any atom is -0.334 e. The molecule has 1 unspecified atom stereocenters. The second kappa shape index (κ2) is 5.46. The molecular weight excluding hydrogens is 250 g/mol. The van der Waals surface area contributed by atoms with E-state index < -0.39 is 17.7 Å². The second-order valence-electron chi connectivity index (χ2n) is 4.26. The zero-order chi connectivity index (χ0) is 14.0. The van der Waals surface area contributed by atoms with E-state index in [4.69, 9.17) is 5.84 Å². The van der Waals surface area contributed by atoms with E-state index in [9.17, 15) is 8.78 Å². The Hall–Kier alpha value is -1.79. The maximum Gasteiger partial charge on any atom is 0.134 e. The van der Waals surface area contributed by atoms with Crippen LogP contribution in [0.2, 0.25) is 0 Å². The Morgan fingerprint density at radius 2 is 2.16 bits per heavy atom. The summed E-state index contributed by atoms with van der Waals surface area (Å²) in [4.78, 5) is 4.13. The number of halogens is 2. The molecule has 1 atom stereocenters. The number of nitrogens with zero attached hydrogens (tertiary/aromatic N) is 2. The molecule has 6 heteroatoms. The van der Waals surface area contributed by atoms with E-state index in [1.807, 2.05) is 6.92 Å². The van der Waals surface area contributed by atoms with E-state index in [2.05, 4.69) is 10.4 Å². The molecule has 0 radical (unpaired) electrons. The van der Waals surface area contributed by atoms with Gasteiger partial charge >= 0.3 is 0 Å². The van der Waals surface area contributed by atoms with Crippen molar-refractivity contribution >= 4 is 0 Å². The largest absolute Gasteiger partial charge is 0.334 e. The predicted molar refractivity (Wildman–Crippen MR) is 68.2 cm³/mol. The number of hydrogen-bond acceptors (Lipinski definition) is 3. The number of nitrogens with one attached hydrogen (secondary N) is 1. The number of imidazole rings is 1. The van der Waals surface area contributed by atoms with Crippen molar-refractivity contribution in [1.82, 2.24) is 15.0 Å². The van der Waals surface area contributed by atoms with Crippen molar-refractivity contribution in [2.24, 2.45) is 5.84 Å². The van der Waals surface area contributed by atoms with Gasteiger partial charge in [-0.15, -0.1) is 0 Å². The van der Waals surface area contributed by atoms with Crippen LogP contribution in [0.1, 0.15) is 29.9 Å². The molecule has 3 N–H and O–H groups in total. The third-order valence-corrected chi connectivity index (χ3v) is 3.12.